The van der Waals surface area contributed by atoms with E-state index in [2.05, 4.69) is 26.6 Å². The molecule has 1 aromatic rings. The number of hydrogen-bond acceptors (Lipinski definition) is 2. The van der Waals surface area contributed by atoms with Gasteiger partial charge < -0.3 is 10.6 Å². The number of carbonyl (C=O) groups is 1. The molecule has 1 saturated carbocycles. The summed E-state index contributed by atoms with van der Waals surface area (Å²) in [6.45, 7) is 0.165. The monoisotopic (exact) mass is 342 g/mol. The molecular weight excluding hydrogens is 323 g/mol. The van der Waals surface area contributed by atoms with Crippen LogP contribution in [0.1, 0.15) is 38.5 Å². The second-order valence-electron chi connectivity index (χ2n) is 5.23. The Morgan fingerprint density at radius 2 is 1.95 bits per heavy atom. The maximum absolute atomic E-state index is 13.1. The fourth-order valence-electron chi connectivity index (χ4n) is 2.51. The summed E-state index contributed by atoms with van der Waals surface area (Å²) in [5.74, 6) is -0.354. The molecular formula is C15H20BrFN2O. The normalized spacial score (nSPS) is 16.5. The van der Waals surface area contributed by atoms with E-state index in [1.165, 1.54) is 37.8 Å². The Morgan fingerprint density at radius 1 is 1.25 bits per heavy atom. The van der Waals surface area contributed by atoms with Gasteiger partial charge in [-0.05, 0) is 47.0 Å². The Kier molecular flexibility index (Phi) is 5.83. The van der Waals surface area contributed by atoms with Crippen LogP contribution in [0.3, 0.4) is 0 Å². The third-order valence-corrected chi connectivity index (χ3v) is 4.28. The van der Waals surface area contributed by atoms with Gasteiger partial charge in [0.15, 0.2) is 0 Å². The summed E-state index contributed by atoms with van der Waals surface area (Å²) in [7, 11) is 0. The van der Waals surface area contributed by atoms with Crippen molar-refractivity contribution < 1.29 is 9.18 Å². The zero-order valence-electron chi connectivity index (χ0n) is 11.4. The van der Waals surface area contributed by atoms with Crippen molar-refractivity contribution in [3.63, 3.8) is 0 Å². The van der Waals surface area contributed by atoms with Crippen LogP contribution in [-0.4, -0.2) is 18.5 Å². The number of anilines is 1. The van der Waals surface area contributed by atoms with Crippen LogP contribution in [0.2, 0.25) is 0 Å². The van der Waals surface area contributed by atoms with Crippen molar-refractivity contribution in [2.75, 3.05) is 11.9 Å². The average molecular weight is 343 g/mol. The minimum absolute atomic E-state index is 0.0342. The molecule has 0 heterocycles. The van der Waals surface area contributed by atoms with Gasteiger partial charge >= 0.3 is 0 Å². The van der Waals surface area contributed by atoms with E-state index in [4.69, 9.17) is 0 Å². The molecule has 0 aliphatic heterocycles. The van der Waals surface area contributed by atoms with Crippen molar-refractivity contribution in [3.05, 3.63) is 28.5 Å². The van der Waals surface area contributed by atoms with Crippen LogP contribution in [-0.2, 0) is 4.79 Å². The Labute approximate surface area is 127 Å². The van der Waals surface area contributed by atoms with E-state index in [0.29, 0.717) is 11.7 Å². The highest BCUT2D eigenvalue weighted by molar-refractivity contribution is 9.10. The fourth-order valence-corrected chi connectivity index (χ4v) is 2.90. The van der Waals surface area contributed by atoms with E-state index in [1.807, 2.05) is 0 Å². The van der Waals surface area contributed by atoms with Crippen molar-refractivity contribution in [2.24, 2.45) is 0 Å². The summed E-state index contributed by atoms with van der Waals surface area (Å²) in [5, 5.41) is 6.01. The highest BCUT2D eigenvalue weighted by atomic mass is 79.9. The molecule has 5 heteroatoms. The Bertz CT molecular complexity index is 459. The topological polar surface area (TPSA) is 41.1 Å². The van der Waals surface area contributed by atoms with Gasteiger partial charge in [0.05, 0.1) is 12.2 Å². The van der Waals surface area contributed by atoms with Crippen molar-refractivity contribution >= 4 is 27.5 Å². The van der Waals surface area contributed by atoms with E-state index in [1.54, 1.807) is 6.07 Å². The van der Waals surface area contributed by atoms with Crippen molar-refractivity contribution in [1.29, 1.82) is 0 Å². The summed E-state index contributed by atoms with van der Waals surface area (Å²) in [4.78, 5) is 11.9. The molecule has 1 aliphatic rings. The minimum Gasteiger partial charge on any atom is -0.375 e. The maximum atomic E-state index is 13.1. The molecule has 2 rings (SSSR count). The summed E-state index contributed by atoms with van der Waals surface area (Å²) < 4.78 is 13.9. The van der Waals surface area contributed by atoms with E-state index < -0.39 is 0 Å². The van der Waals surface area contributed by atoms with Crippen LogP contribution in [0.15, 0.2) is 22.7 Å². The van der Waals surface area contributed by atoms with E-state index in [0.717, 1.165) is 17.3 Å². The van der Waals surface area contributed by atoms with Crippen molar-refractivity contribution in [3.8, 4) is 0 Å². The lowest BCUT2D eigenvalue weighted by Crippen LogP contribution is -2.38. The van der Waals surface area contributed by atoms with Crippen molar-refractivity contribution in [2.45, 2.75) is 44.6 Å². The zero-order chi connectivity index (χ0) is 14.4. The zero-order valence-corrected chi connectivity index (χ0v) is 13.0. The van der Waals surface area contributed by atoms with E-state index in [9.17, 15) is 9.18 Å². The van der Waals surface area contributed by atoms with Gasteiger partial charge in [-0.15, -0.1) is 0 Å². The molecule has 3 nitrogen and oxygen atoms in total. The molecule has 0 saturated heterocycles. The van der Waals surface area contributed by atoms with Gasteiger partial charge in [-0.1, -0.05) is 25.7 Å². The smallest absolute Gasteiger partial charge is 0.239 e. The van der Waals surface area contributed by atoms with Gasteiger partial charge in [0.1, 0.15) is 5.82 Å². The van der Waals surface area contributed by atoms with Crippen LogP contribution in [0.5, 0.6) is 0 Å². The minimum atomic E-state index is -0.320. The summed E-state index contributed by atoms with van der Waals surface area (Å²) in [5.41, 5.74) is 0.598. The van der Waals surface area contributed by atoms with Gasteiger partial charge in [0, 0.05) is 10.5 Å². The van der Waals surface area contributed by atoms with Gasteiger partial charge in [0.2, 0.25) is 5.91 Å². The number of halogens is 2. The van der Waals surface area contributed by atoms with Gasteiger partial charge in [-0.3, -0.25) is 4.79 Å². The molecule has 20 heavy (non-hydrogen) atoms. The number of benzene rings is 1. The SMILES string of the molecule is O=C(CNc1cc(F)ccc1Br)NC1CCCCCC1. The molecule has 0 bridgehead atoms. The molecule has 0 spiro atoms. The predicted molar refractivity (Wildman–Crippen MR) is 82.2 cm³/mol. The molecule has 110 valence electrons. The lowest BCUT2D eigenvalue weighted by atomic mass is 10.1. The molecule has 1 fully saturated rings. The molecule has 1 amide bonds. The largest absolute Gasteiger partial charge is 0.375 e. The molecule has 0 unspecified atom stereocenters. The van der Waals surface area contributed by atoms with E-state index >= 15 is 0 Å². The van der Waals surface area contributed by atoms with Gasteiger partial charge in [-0.25, -0.2) is 4.39 Å². The Balaban J connectivity index is 1.81. The summed E-state index contributed by atoms with van der Waals surface area (Å²) in [6, 6.07) is 4.67. The molecule has 0 atom stereocenters. The third kappa shape index (κ3) is 4.78. The number of amides is 1. The first-order chi connectivity index (χ1) is 9.65. The number of carbonyl (C=O) groups excluding carboxylic acids is 1. The second-order valence-corrected chi connectivity index (χ2v) is 6.09. The highest BCUT2D eigenvalue weighted by Crippen LogP contribution is 2.22. The van der Waals surface area contributed by atoms with Crippen LogP contribution in [0.4, 0.5) is 10.1 Å². The lowest BCUT2D eigenvalue weighted by Gasteiger charge is -2.17. The second kappa shape index (κ2) is 7.62. The van der Waals surface area contributed by atoms with Crippen LogP contribution < -0.4 is 10.6 Å². The Hall–Kier alpha value is -1.10. The van der Waals surface area contributed by atoms with Gasteiger partial charge in [0.25, 0.3) is 0 Å². The van der Waals surface area contributed by atoms with Gasteiger partial charge in [-0.2, -0.15) is 0 Å². The fraction of sp³-hybridized carbons (Fsp3) is 0.533. The van der Waals surface area contributed by atoms with Crippen LogP contribution >= 0.6 is 15.9 Å². The number of nitrogens with one attached hydrogen (secondary N) is 2. The molecule has 0 radical (unpaired) electrons. The summed E-state index contributed by atoms with van der Waals surface area (Å²) in [6.07, 6.45) is 7.04. The lowest BCUT2D eigenvalue weighted by molar-refractivity contribution is -0.120. The molecule has 1 aromatic carbocycles. The molecule has 0 aromatic heterocycles. The Morgan fingerprint density at radius 3 is 2.65 bits per heavy atom. The maximum Gasteiger partial charge on any atom is 0.239 e. The first-order valence-electron chi connectivity index (χ1n) is 7.13. The predicted octanol–water partition coefficient (Wildman–Crippen LogP) is 3.84. The number of hydrogen-bond donors (Lipinski definition) is 2. The third-order valence-electron chi connectivity index (χ3n) is 3.59. The highest BCUT2D eigenvalue weighted by Gasteiger charge is 2.14. The van der Waals surface area contributed by atoms with E-state index in [-0.39, 0.29) is 18.3 Å². The average Bonchev–Trinajstić information content (AvgIpc) is 2.68. The van der Waals surface area contributed by atoms with Crippen LogP contribution in [0.25, 0.3) is 0 Å². The summed E-state index contributed by atoms with van der Waals surface area (Å²) >= 11 is 3.33. The molecule has 1 aliphatic carbocycles. The van der Waals surface area contributed by atoms with Crippen molar-refractivity contribution in [1.82, 2.24) is 5.32 Å². The first-order valence-corrected chi connectivity index (χ1v) is 7.93. The number of rotatable bonds is 4. The van der Waals surface area contributed by atoms with Crippen LogP contribution in [0, 0.1) is 5.82 Å². The standard InChI is InChI=1S/C15H20BrFN2O/c16-13-8-7-11(17)9-14(13)18-10-15(20)19-12-5-3-1-2-4-6-12/h7-9,12,18H,1-6,10H2,(H,19,20). The first kappa shape index (κ1) is 15.3. The molecule has 2 N–H and O–H groups in total. The quantitative estimate of drug-likeness (QED) is 0.816.